The Balaban J connectivity index is 1.99. The Morgan fingerprint density at radius 1 is 1.21 bits per heavy atom. The summed E-state index contributed by atoms with van der Waals surface area (Å²) >= 11 is 3.35. The van der Waals surface area contributed by atoms with E-state index in [2.05, 4.69) is 21.2 Å². The van der Waals surface area contributed by atoms with Crippen molar-refractivity contribution in [2.24, 2.45) is 0 Å². The lowest BCUT2D eigenvalue weighted by molar-refractivity contribution is -0.115. The van der Waals surface area contributed by atoms with Crippen molar-refractivity contribution in [2.45, 2.75) is 6.42 Å². The van der Waals surface area contributed by atoms with Crippen LogP contribution in [-0.2, 0) is 11.2 Å². The summed E-state index contributed by atoms with van der Waals surface area (Å²) in [6.07, 6.45) is 0.327. The maximum absolute atomic E-state index is 11.9. The molecular formula is C15H14BrNO2. The van der Waals surface area contributed by atoms with Crippen molar-refractivity contribution in [3.05, 3.63) is 58.6 Å². The summed E-state index contributed by atoms with van der Waals surface area (Å²) in [5, 5.41) is 2.85. The number of benzene rings is 2. The zero-order valence-corrected chi connectivity index (χ0v) is 12.1. The van der Waals surface area contributed by atoms with Gasteiger partial charge in [-0.1, -0.05) is 28.1 Å². The zero-order valence-electron chi connectivity index (χ0n) is 10.5. The van der Waals surface area contributed by atoms with Crippen LogP contribution in [0, 0.1) is 0 Å². The number of nitrogens with one attached hydrogen (secondary N) is 1. The molecule has 0 aromatic heterocycles. The van der Waals surface area contributed by atoms with Crippen LogP contribution in [0.1, 0.15) is 5.56 Å². The van der Waals surface area contributed by atoms with Gasteiger partial charge in [0.1, 0.15) is 5.75 Å². The van der Waals surface area contributed by atoms with Crippen LogP contribution in [0.5, 0.6) is 5.75 Å². The summed E-state index contributed by atoms with van der Waals surface area (Å²) in [6, 6.07) is 15.0. The number of hydrogen-bond acceptors (Lipinski definition) is 2. The van der Waals surface area contributed by atoms with Crippen LogP contribution in [0.15, 0.2) is 53.0 Å². The molecule has 0 aliphatic heterocycles. The maximum Gasteiger partial charge on any atom is 0.228 e. The Morgan fingerprint density at radius 2 is 1.95 bits per heavy atom. The van der Waals surface area contributed by atoms with Gasteiger partial charge in [0.05, 0.1) is 13.5 Å². The second kappa shape index (κ2) is 6.38. The second-order valence-electron chi connectivity index (χ2n) is 4.08. The van der Waals surface area contributed by atoms with Crippen molar-refractivity contribution in [2.75, 3.05) is 12.4 Å². The summed E-state index contributed by atoms with van der Waals surface area (Å²) in [5.74, 6) is 0.713. The molecule has 0 aliphatic carbocycles. The molecule has 1 N–H and O–H groups in total. The van der Waals surface area contributed by atoms with Gasteiger partial charge in [-0.2, -0.15) is 0 Å². The van der Waals surface area contributed by atoms with E-state index in [1.807, 2.05) is 48.5 Å². The summed E-state index contributed by atoms with van der Waals surface area (Å²) in [6.45, 7) is 0. The van der Waals surface area contributed by atoms with Gasteiger partial charge in [0, 0.05) is 10.2 Å². The number of rotatable bonds is 4. The lowest BCUT2D eigenvalue weighted by Crippen LogP contribution is -2.14. The second-order valence-corrected chi connectivity index (χ2v) is 5.00. The van der Waals surface area contributed by atoms with E-state index in [1.54, 1.807) is 7.11 Å². The van der Waals surface area contributed by atoms with E-state index < -0.39 is 0 Å². The number of halogens is 1. The highest BCUT2D eigenvalue weighted by Crippen LogP contribution is 2.16. The van der Waals surface area contributed by atoms with E-state index in [-0.39, 0.29) is 5.91 Å². The highest BCUT2D eigenvalue weighted by molar-refractivity contribution is 9.10. The quantitative estimate of drug-likeness (QED) is 0.934. The summed E-state index contributed by atoms with van der Waals surface area (Å²) in [7, 11) is 1.61. The number of amides is 1. The molecule has 2 rings (SSSR count). The molecule has 2 aromatic carbocycles. The molecule has 0 atom stereocenters. The van der Waals surface area contributed by atoms with Gasteiger partial charge >= 0.3 is 0 Å². The van der Waals surface area contributed by atoms with Crippen LogP contribution in [0.25, 0.3) is 0 Å². The van der Waals surface area contributed by atoms with Crippen LogP contribution in [-0.4, -0.2) is 13.0 Å². The number of carbonyl (C=O) groups excluding carboxylic acids is 1. The third kappa shape index (κ3) is 4.10. The first kappa shape index (κ1) is 13.6. The Bertz CT molecular complexity index is 567. The monoisotopic (exact) mass is 319 g/mol. The Kier molecular flexibility index (Phi) is 4.58. The predicted molar refractivity (Wildman–Crippen MR) is 79.5 cm³/mol. The minimum Gasteiger partial charge on any atom is -0.497 e. The van der Waals surface area contributed by atoms with E-state index >= 15 is 0 Å². The van der Waals surface area contributed by atoms with Gasteiger partial charge in [-0.15, -0.1) is 0 Å². The van der Waals surface area contributed by atoms with Crippen LogP contribution >= 0.6 is 15.9 Å². The van der Waals surface area contributed by atoms with Gasteiger partial charge in [-0.25, -0.2) is 0 Å². The Hall–Kier alpha value is -1.81. The molecule has 0 heterocycles. The standard InChI is InChI=1S/C15H14BrNO2/c1-19-14-4-2-3-11(9-14)10-15(18)17-13-7-5-12(16)6-8-13/h2-9H,10H2,1H3,(H,17,18). The molecule has 0 saturated carbocycles. The molecule has 0 fully saturated rings. The van der Waals surface area contributed by atoms with Crippen LogP contribution in [0.2, 0.25) is 0 Å². The van der Waals surface area contributed by atoms with Crippen molar-refractivity contribution < 1.29 is 9.53 Å². The Labute approximate surface area is 120 Å². The van der Waals surface area contributed by atoms with E-state index in [0.29, 0.717) is 6.42 Å². The molecule has 1 amide bonds. The topological polar surface area (TPSA) is 38.3 Å². The van der Waals surface area contributed by atoms with Gasteiger partial charge in [-0.05, 0) is 42.0 Å². The fraction of sp³-hybridized carbons (Fsp3) is 0.133. The maximum atomic E-state index is 11.9. The lowest BCUT2D eigenvalue weighted by Gasteiger charge is -2.06. The minimum absolute atomic E-state index is 0.0458. The number of ether oxygens (including phenoxy) is 1. The van der Waals surface area contributed by atoms with E-state index in [0.717, 1.165) is 21.5 Å². The number of hydrogen-bond donors (Lipinski definition) is 1. The molecule has 0 aliphatic rings. The van der Waals surface area contributed by atoms with E-state index in [9.17, 15) is 4.79 Å². The van der Waals surface area contributed by atoms with Gasteiger partial charge in [0.15, 0.2) is 0 Å². The first-order valence-corrected chi connectivity index (χ1v) is 6.65. The zero-order chi connectivity index (χ0) is 13.7. The number of methoxy groups -OCH3 is 1. The third-order valence-electron chi connectivity index (χ3n) is 2.63. The molecule has 0 spiro atoms. The molecule has 2 aromatic rings. The van der Waals surface area contributed by atoms with Crippen LogP contribution < -0.4 is 10.1 Å². The number of anilines is 1. The highest BCUT2D eigenvalue weighted by atomic mass is 79.9. The molecule has 98 valence electrons. The average molecular weight is 320 g/mol. The molecule has 0 saturated heterocycles. The molecule has 3 nitrogen and oxygen atoms in total. The SMILES string of the molecule is COc1cccc(CC(=O)Nc2ccc(Br)cc2)c1. The molecule has 0 radical (unpaired) electrons. The summed E-state index contributed by atoms with van der Waals surface area (Å²) in [4.78, 5) is 11.9. The van der Waals surface area contributed by atoms with Crippen molar-refractivity contribution in [3.8, 4) is 5.75 Å². The van der Waals surface area contributed by atoms with Crippen LogP contribution in [0.3, 0.4) is 0 Å². The smallest absolute Gasteiger partial charge is 0.228 e. The van der Waals surface area contributed by atoms with E-state index in [1.165, 1.54) is 0 Å². The predicted octanol–water partition coefficient (Wildman–Crippen LogP) is 3.64. The van der Waals surface area contributed by atoms with Crippen molar-refractivity contribution in [1.82, 2.24) is 0 Å². The molecule has 19 heavy (non-hydrogen) atoms. The number of carbonyl (C=O) groups is 1. The van der Waals surface area contributed by atoms with Crippen molar-refractivity contribution in [3.63, 3.8) is 0 Å². The average Bonchev–Trinajstić information content (AvgIpc) is 2.41. The van der Waals surface area contributed by atoms with Crippen molar-refractivity contribution >= 4 is 27.5 Å². The third-order valence-corrected chi connectivity index (χ3v) is 3.16. The minimum atomic E-state index is -0.0458. The van der Waals surface area contributed by atoms with Gasteiger partial charge in [-0.3, -0.25) is 4.79 Å². The molecular weight excluding hydrogens is 306 g/mol. The molecule has 4 heteroatoms. The fourth-order valence-electron chi connectivity index (χ4n) is 1.71. The normalized spacial score (nSPS) is 10.0. The first-order valence-electron chi connectivity index (χ1n) is 5.86. The van der Waals surface area contributed by atoms with Crippen molar-refractivity contribution in [1.29, 1.82) is 0 Å². The largest absolute Gasteiger partial charge is 0.497 e. The molecule has 0 unspecified atom stereocenters. The van der Waals surface area contributed by atoms with Crippen LogP contribution in [0.4, 0.5) is 5.69 Å². The van der Waals surface area contributed by atoms with E-state index in [4.69, 9.17) is 4.74 Å². The van der Waals surface area contributed by atoms with Gasteiger partial charge < -0.3 is 10.1 Å². The first-order chi connectivity index (χ1) is 9.17. The summed E-state index contributed by atoms with van der Waals surface area (Å²) < 4.78 is 6.12. The highest BCUT2D eigenvalue weighted by Gasteiger charge is 2.05. The summed E-state index contributed by atoms with van der Waals surface area (Å²) in [5.41, 5.74) is 1.71. The van der Waals surface area contributed by atoms with Gasteiger partial charge in [0.2, 0.25) is 5.91 Å². The molecule has 0 bridgehead atoms. The Morgan fingerprint density at radius 3 is 2.63 bits per heavy atom. The van der Waals surface area contributed by atoms with Gasteiger partial charge in [0.25, 0.3) is 0 Å². The lowest BCUT2D eigenvalue weighted by atomic mass is 10.1. The fourth-order valence-corrected chi connectivity index (χ4v) is 1.97.